The van der Waals surface area contributed by atoms with Gasteiger partial charge in [0.15, 0.2) is 6.29 Å². The van der Waals surface area contributed by atoms with Crippen molar-refractivity contribution in [2.24, 2.45) is 5.92 Å². The van der Waals surface area contributed by atoms with Crippen LogP contribution in [0.15, 0.2) is 12.1 Å². The molecule has 7 heteroatoms. The first kappa shape index (κ1) is 21.9. The average molecular weight is 388 g/mol. The molecule has 0 aromatic carbocycles. The highest BCUT2D eigenvalue weighted by atomic mass is 35.5. The molecule has 1 heterocycles. The van der Waals surface area contributed by atoms with E-state index in [1.807, 2.05) is 12.1 Å². The van der Waals surface area contributed by atoms with Crippen molar-refractivity contribution in [2.45, 2.75) is 51.4 Å². The van der Waals surface area contributed by atoms with Crippen LogP contribution in [0.25, 0.3) is 0 Å². The summed E-state index contributed by atoms with van der Waals surface area (Å²) in [5, 5.41) is 8.92. The number of ether oxygens (including phenoxy) is 3. The molecule has 0 fully saturated rings. The van der Waals surface area contributed by atoms with Crippen molar-refractivity contribution in [1.82, 2.24) is 0 Å². The minimum atomic E-state index is -0.487. The Morgan fingerprint density at radius 2 is 2.04 bits per heavy atom. The third-order valence-electron chi connectivity index (χ3n) is 3.90. The Morgan fingerprint density at radius 1 is 1.32 bits per heavy atom. The van der Waals surface area contributed by atoms with E-state index in [2.05, 4.69) is 6.07 Å². The highest BCUT2D eigenvalue weighted by Gasteiger charge is 2.22. The molecular weight excluding hydrogens is 362 g/mol. The van der Waals surface area contributed by atoms with Crippen LogP contribution in [-0.4, -0.2) is 32.4 Å². The van der Waals surface area contributed by atoms with Crippen LogP contribution in [-0.2, 0) is 25.4 Å². The zero-order valence-corrected chi connectivity index (χ0v) is 16.6. The molecule has 1 aromatic heterocycles. The summed E-state index contributed by atoms with van der Waals surface area (Å²) in [5.74, 6) is 0.514. The van der Waals surface area contributed by atoms with Gasteiger partial charge < -0.3 is 14.2 Å². The third kappa shape index (κ3) is 7.74. The van der Waals surface area contributed by atoms with E-state index in [0.717, 1.165) is 30.6 Å². The van der Waals surface area contributed by atoms with Crippen LogP contribution in [0.1, 0.15) is 48.5 Å². The van der Waals surface area contributed by atoms with Gasteiger partial charge in [-0.1, -0.05) is 0 Å². The number of hydrogen-bond donors (Lipinski definition) is 0. The zero-order valence-electron chi connectivity index (χ0n) is 15.0. The first-order valence-corrected chi connectivity index (χ1v) is 9.65. The molecule has 0 aliphatic carbocycles. The van der Waals surface area contributed by atoms with Gasteiger partial charge in [-0.15, -0.1) is 22.9 Å². The molecule has 25 heavy (non-hydrogen) atoms. The second-order valence-electron chi connectivity index (χ2n) is 5.73. The number of methoxy groups -OCH3 is 2. The van der Waals surface area contributed by atoms with Gasteiger partial charge in [-0.05, 0) is 37.8 Å². The summed E-state index contributed by atoms with van der Waals surface area (Å²) in [7, 11) is 3.30. The Kier molecular flexibility index (Phi) is 10.7. The summed E-state index contributed by atoms with van der Waals surface area (Å²) >= 11 is 7.40. The predicted octanol–water partition coefficient (Wildman–Crippen LogP) is 4.45. The first-order valence-electron chi connectivity index (χ1n) is 8.30. The van der Waals surface area contributed by atoms with E-state index < -0.39 is 6.10 Å². The second kappa shape index (κ2) is 12.3. The molecule has 0 radical (unpaired) electrons. The number of nitrogens with zero attached hydrogens (tertiary/aromatic N) is 1. The summed E-state index contributed by atoms with van der Waals surface area (Å²) in [6.07, 6.45) is 3.09. The van der Waals surface area contributed by atoms with Gasteiger partial charge in [0.1, 0.15) is 6.10 Å². The Bertz CT molecular complexity index is 554. The molecule has 1 aromatic rings. The summed E-state index contributed by atoms with van der Waals surface area (Å²) in [5.41, 5.74) is 0. The monoisotopic (exact) mass is 387 g/mol. The van der Waals surface area contributed by atoms with E-state index in [9.17, 15) is 4.79 Å². The lowest BCUT2D eigenvalue weighted by molar-refractivity contribution is -0.146. The van der Waals surface area contributed by atoms with Gasteiger partial charge in [0.05, 0.1) is 12.5 Å². The van der Waals surface area contributed by atoms with Crippen molar-refractivity contribution in [3.05, 3.63) is 21.9 Å². The van der Waals surface area contributed by atoms with Crippen molar-refractivity contribution in [2.75, 3.05) is 20.1 Å². The molecule has 0 aliphatic rings. The van der Waals surface area contributed by atoms with Gasteiger partial charge in [-0.3, -0.25) is 4.79 Å². The van der Waals surface area contributed by atoms with E-state index in [-0.39, 0.29) is 24.6 Å². The van der Waals surface area contributed by atoms with E-state index in [1.165, 1.54) is 11.8 Å². The van der Waals surface area contributed by atoms with Crippen LogP contribution in [0.5, 0.6) is 0 Å². The van der Waals surface area contributed by atoms with Gasteiger partial charge in [0.25, 0.3) is 0 Å². The quantitative estimate of drug-likeness (QED) is 0.301. The molecule has 2 atom stereocenters. The Morgan fingerprint density at radius 3 is 2.60 bits per heavy atom. The molecule has 0 aliphatic heterocycles. The number of thiophene rings is 1. The molecule has 0 amide bonds. The number of nitriles is 1. The Balaban J connectivity index is 2.70. The van der Waals surface area contributed by atoms with Gasteiger partial charge in [-0.2, -0.15) is 5.26 Å². The molecule has 0 spiro atoms. The molecule has 1 unspecified atom stereocenters. The van der Waals surface area contributed by atoms with E-state index in [1.54, 1.807) is 25.6 Å². The lowest BCUT2D eigenvalue weighted by atomic mass is 9.96. The van der Waals surface area contributed by atoms with Crippen LogP contribution >= 0.6 is 22.9 Å². The average Bonchev–Trinajstić information content (AvgIpc) is 3.05. The minimum Gasteiger partial charge on any atom is -0.456 e. The fourth-order valence-electron chi connectivity index (χ4n) is 2.75. The molecule has 140 valence electrons. The Hall–Kier alpha value is -1.13. The van der Waals surface area contributed by atoms with Crippen molar-refractivity contribution in [1.29, 1.82) is 5.26 Å². The van der Waals surface area contributed by atoms with E-state index in [0.29, 0.717) is 5.88 Å². The molecule has 1 rings (SSSR count). The fraction of sp³-hybridized carbons (Fsp3) is 0.667. The summed E-state index contributed by atoms with van der Waals surface area (Å²) in [4.78, 5) is 13.3. The standard InChI is InChI=1S/C18H26ClNO4S/c1-13(21)24-16(10-12-20)17-9-8-15(25-17)7-6-14(5-4-11-19)18(22-2)23-3/h8-9,14,16,18H,4-7,10-11H2,1-3H3/t14?,16-/m0/s1. The van der Waals surface area contributed by atoms with Crippen molar-refractivity contribution in [3.63, 3.8) is 0 Å². The third-order valence-corrected chi connectivity index (χ3v) is 5.41. The number of hydrogen-bond acceptors (Lipinski definition) is 6. The van der Waals surface area contributed by atoms with Crippen LogP contribution in [0, 0.1) is 17.2 Å². The maximum absolute atomic E-state index is 11.2. The zero-order chi connectivity index (χ0) is 18.7. The normalized spacial score (nSPS) is 13.4. The fourth-order valence-corrected chi connectivity index (χ4v) is 3.96. The number of carbonyl (C=O) groups is 1. The lowest BCUT2D eigenvalue weighted by Gasteiger charge is -2.24. The van der Waals surface area contributed by atoms with Gasteiger partial charge in [0, 0.05) is 42.7 Å². The number of rotatable bonds is 12. The Labute approximate surface area is 158 Å². The number of aryl methyl sites for hydroxylation is 1. The van der Waals surface area contributed by atoms with Crippen molar-refractivity contribution < 1.29 is 19.0 Å². The molecule has 0 saturated carbocycles. The molecular formula is C18H26ClNO4S. The molecule has 0 N–H and O–H groups in total. The van der Waals surface area contributed by atoms with Gasteiger partial charge in [-0.25, -0.2) is 0 Å². The SMILES string of the molecule is COC(OC)C(CCCCl)CCc1ccc([C@H](CC#N)OC(C)=O)s1. The number of carbonyl (C=O) groups excluding carboxylic acids is 1. The summed E-state index contributed by atoms with van der Waals surface area (Å²) in [6, 6.07) is 6.03. The minimum absolute atomic E-state index is 0.160. The van der Waals surface area contributed by atoms with Crippen LogP contribution in [0.3, 0.4) is 0 Å². The number of alkyl halides is 1. The highest BCUT2D eigenvalue weighted by Crippen LogP contribution is 2.30. The van der Waals surface area contributed by atoms with Crippen LogP contribution in [0.4, 0.5) is 0 Å². The van der Waals surface area contributed by atoms with Gasteiger partial charge >= 0.3 is 5.97 Å². The summed E-state index contributed by atoms with van der Waals surface area (Å²) in [6.45, 7) is 1.36. The topological polar surface area (TPSA) is 68.6 Å². The van der Waals surface area contributed by atoms with Crippen LogP contribution < -0.4 is 0 Å². The van der Waals surface area contributed by atoms with E-state index >= 15 is 0 Å². The summed E-state index contributed by atoms with van der Waals surface area (Å²) < 4.78 is 16.1. The number of esters is 1. The molecule has 5 nitrogen and oxygen atoms in total. The van der Waals surface area contributed by atoms with Crippen molar-refractivity contribution >= 4 is 28.9 Å². The number of halogens is 1. The molecule has 0 bridgehead atoms. The van der Waals surface area contributed by atoms with Crippen LogP contribution in [0.2, 0.25) is 0 Å². The van der Waals surface area contributed by atoms with Crippen molar-refractivity contribution in [3.8, 4) is 6.07 Å². The predicted molar refractivity (Wildman–Crippen MR) is 98.6 cm³/mol. The first-order chi connectivity index (χ1) is 12.0. The highest BCUT2D eigenvalue weighted by molar-refractivity contribution is 7.12. The van der Waals surface area contributed by atoms with E-state index in [4.69, 9.17) is 31.1 Å². The maximum atomic E-state index is 11.2. The smallest absolute Gasteiger partial charge is 0.303 e. The lowest BCUT2D eigenvalue weighted by Crippen LogP contribution is -2.25. The maximum Gasteiger partial charge on any atom is 0.303 e. The largest absolute Gasteiger partial charge is 0.456 e. The second-order valence-corrected chi connectivity index (χ2v) is 7.31. The van der Waals surface area contributed by atoms with Gasteiger partial charge in [0.2, 0.25) is 0 Å². The molecule has 0 saturated heterocycles.